The van der Waals surface area contributed by atoms with Gasteiger partial charge >= 0.3 is 5.97 Å². The Morgan fingerprint density at radius 2 is 1.96 bits per heavy atom. The molecule has 2 N–H and O–H groups in total. The molecule has 0 spiro atoms. The lowest BCUT2D eigenvalue weighted by Crippen LogP contribution is -2.03. The van der Waals surface area contributed by atoms with Gasteiger partial charge in [-0.25, -0.2) is 9.78 Å². The van der Waals surface area contributed by atoms with E-state index in [1.807, 2.05) is 18.2 Å². The third-order valence-electron chi connectivity index (χ3n) is 4.22. The van der Waals surface area contributed by atoms with Crippen LogP contribution in [-0.4, -0.2) is 53.6 Å². The van der Waals surface area contributed by atoms with Crippen molar-refractivity contribution in [3.8, 4) is 17.3 Å². The fraction of sp³-hybridized carbons (Fsp3) is 0.211. The van der Waals surface area contributed by atoms with Gasteiger partial charge in [-0.3, -0.25) is 5.10 Å². The Morgan fingerprint density at radius 1 is 1.07 bits per heavy atom. The van der Waals surface area contributed by atoms with Crippen LogP contribution in [0.5, 0.6) is 5.75 Å². The van der Waals surface area contributed by atoms with Crippen LogP contribution >= 0.6 is 0 Å². The predicted octanol–water partition coefficient (Wildman–Crippen LogP) is 2.92. The molecule has 0 unspecified atom stereocenters. The second-order valence-electron chi connectivity index (χ2n) is 5.93. The van der Waals surface area contributed by atoms with E-state index in [4.69, 9.17) is 14.2 Å². The van der Waals surface area contributed by atoms with Crippen LogP contribution in [0.15, 0.2) is 36.4 Å². The van der Waals surface area contributed by atoms with Gasteiger partial charge in [-0.05, 0) is 30.3 Å². The summed E-state index contributed by atoms with van der Waals surface area (Å²) in [4.78, 5) is 19.7. The molecule has 0 saturated heterocycles. The van der Waals surface area contributed by atoms with E-state index in [0.29, 0.717) is 30.3 Å². The smallest absolute Gasteiger partial charge is 0.337 e. The number of hydrogen-bond acceptors (Lipinski definition) is 6. The van der Waals surface area contributed by atoms with Crippen LogP contribution in [0, 0.1) is 0 Å². The average Bonchev–Trinajstić information content (AvgIpc) is 3.30. The minimum atomic E-state index is -0.397. The number of methoxy groups -OCH3 is 2. The number of H-pyrrole nitrogens is 2. The van der Waals surface area contributed by atoms with Crippen molar-refractivity contribution in [1.29, 1.82) is 0 Å². The summed E-state index contributed by atoms with van der Waals surface area (Å²) in [6, 6.07) is 10.9. The first-order valence-corrected chi connectivity index (χ1v) is 8.38. The Bertz CT molecular complexity index is 1120. The molecule has 4 rings (SSSR count). The molecule has 0 amide bonds. The number of carbonyl (C=O) groups is 1. The molecule has 2 heterocycles. The number of ether oxygens (including phenoxy) is 3. The Kier molecular flexibility index (Phi) is 4.47. The van der Waals surface area contributed by atoms with Crippen LogP contribution < -0.4 is 4.74 Å². The molecule has 0 atom stereocenters. The highest BCUT2D eigenvalue weighted by Crippen LogP contribution is 2.28. The summed E-state index contributed by atoms with van der Waals surface area (Å²) >= 11 is 0. The number of rotatable bonds is 6. The molecule has 2 aromatic carbocycles. The van der Waals surface area contributed by atoms with Gasteiger partial charge in [0.05, 0.1) is 35.8 Å². The molecule has 0 bridgehead atoms. The van der Waals surface area contributed by atoms with Gasteiger partial charge in [-0.1, -0.05) is 0 Å². The fourth-order valence-electron chi connectivity index (χ4n) is 2.87. The van der Waals surface area contributed by atoms with E-state index in [9.17, 15) is 4.79 Å². The molecule has 27 heavy (non-hydrogen) atoms. The van der Waals surface area contributed by atoms with E-state index in [1.54, 1.807) is 25.3 Å². The number of aromatic amines is 2. The predicted molar refractivity (Wildman–Crippen MR) is 99.9 cm³/mol. The van der Waals surface area contributed by atoms with Gasteiger partial charge in [0.2, 0.25) is 0 Å². The van der Waals surface area contributed by atoms with Crippen molar-refractivity contribution in [1.82, 2.24) is 20.2 Å². The van der Waals surface area contributed by atoms with Gasteiger partial charge in [0.25, 0.3) is 0 Å². The zero-order chi connectivity index (χ0) is 18.8. The topological polar surface area (TPSA) is 102 Å². The molecular formula is C19H18N4O4. The number of imidazole rings is 1. The SMILES string of the molecule is COCCOc1ccc2nc(-c3n[nH]c4ccc(C(=O)OC)cc34)[nH]c2c1. The van der Waals surface area contributed by atoms with Crippen LogP contribution in [-0.2, 0) is 9.47 Å². The molecule has 4 aromatic rings. The number of carbonyl (C=O) groups excluding carboxylic acids is 1. The Hall–Kier alpha value is -3.39. The zero-order valence-electron chi connectivity index (χ0n) is 14.9. The molecule has 2 aromatic heterocycles. The van der Waals surface area contributed by atoms with Gasteiger partial charge < -0.3 is 19.2 Å². The molecule has 0 radical (unpaired) electrons. The molecule has 138 valence electrons. The number of esters is 1. The van der Waals surface area contributed by atoms with Crippen molar-refractivity contribution in [3.05, 3.63) is 42.0 Å². The number of benzene rings is 2. The molecule has 0 aliphatic carbocycles. The third kappa shape index (κ3) is 3.22. The minimum absolute atomic E-state index is 0.397. The first kappa shape index (κ1) is 17.0. The minimum Gasteiger partial charge on any atom is -0.491 e. The largest absolute Gasteiger partial charge is 0.491 e. The number of nitrogens with zero attached hydrogens (tertiary/aromatic N) is 2. The third-order valence-corrected chi connectivity index (χ3v) is 4.22. The molecular weight excluding hydrogens is 348 g/mol. The van der Waals surface area contributed by atoms with E-state index in [0.717, 1.165) is 27.7 Å². The summed E-state index contributed by atoms with van der Waals surface area (Å²) in [6.07, 6.45) is 0. The van der Waals surface area contributed by atoms with E-state index in [1.165, 1.54) is 7.11 Å². The van der Waals surface area contributed by atoms with Crippen LogP contribution in [0.1, 0.15) is 10.4 Å². The lowest BCUT2D eigenvalue weighted by molar-refractivity contribution is 0.0601. The molecule has 8 nitrogen and oxygen atoms in total. The highest BCUT2D eigenvalue weighted by atomic mass is 16.5. The fourth-order valence-corrected chi connectivity index (χ4v) is 2.87. The van der Waals surface area contributed by atoms with E-state index in [2.05, 4.69) is 20.2 Å². The molecule has 8 heteroatoms. The number of nitrogens with one attached hydrogen (secondary N) is 2. The lowest BCUT2D eigenvalue weighted by atomic mass is 10.1. The van der Waals surface area contributed by atoms with Crippen molar-refractivity contribution in [2.75, 3.05) is 27.4 Å². The number of hydrogen-bond donors (Lipinski definition) is 2. The van der Waals surface area contributed by atoms with Crippen LogP contribution in [0.2, 0.25) is 0 Å². The van der Waals surface area contributed by atoms with Crippen molar-refractivity contribution in [2.45, 2.75) is 0 Å². The molecule has 0 aliphatic rings. The highest BCUT2D eigenvalue weighted by molar-refractivity contribution is 5.99. The Morgan fingerprint density at radius 3 is 2.78 bits per heavy atom. The summed E-state index contributed by atoms with van der Waals surface area (Å²) < 4.78 is 15.4. The number of aromatic nitrogens is 4. The second kappa shape index (κ2) is 7.08. The normalized spacial score (nSPS) is 11.2. The molecule has 0 aliphatic heterocycles. The van der Waals surface area contributed by atoms with Crippen molar-refractivity contribution < 1.29 is 19.0 Å². The van der Waals surface area contributed by atoms with E-state index < -0.39 is 5.97 Å². The molecule has 0 fully saturated rings. The van der Waals surface area contributed by atoms with Gasteiger partial charge in [0.15, 0.2) is 5.82 Å². The molecule has 0 saturated carbocycles. The van der Waals surface area contributed by atoms with Crippen molar-refractivity contribution in [3.63, 3.8) is 0 Å². The van der Waals surface area contributed by atoms with Gasteiger partial charge in [0.1, 0.15) is 18.1 Å². The second-order valence-corrected chi connectivity index (χ2v) is 5.93. The summed E-state index contributed by atoms with van der Waals surface area (Å²) in [6.45, 7) is 0.997. The maximum atomic E-state index is 11.8. The average molecular weight is 366 g/mol. The maximum absolute atomic E-state index is 11.8. The first-order valence-electron chi connectivity index (χ1n) is 8.38. The summed E-state index contributed by atoms with van der Waals surface area (Å²) in [7, 11) is 2.99. The standard InChI is InChI=1S/C19H18N4O4/c1-25-7-8-27-12-4-6-15-16(10-12)21-18(20-15)17-13-9-11(19(24)26-2)3-5-14(13)22-23-17/h3-6,9-10H,7-8H2,1-2H3,(H,20,21)(H,22,23). The maximum Gasteiger partial charge on any atom is 0.337 e. The monoisotopic (exact) mass is 366 g/mol. The zero-order valence-corrected chi connectivity index (χ0v) is 14.9. The lowest BCUT2D eigenvalue weighted by Gasteiger charge is -2.04. The highest BCUT2D eigenvalue weighted by Gasteiger charge is 2.15. The van der Waals surface area contributed by atoms with Gasteiger partial charge in [-0.15, -0.1) is 0 Å². The van der Waals surface area contributed by atoms with Crippen molar-refractivity contribution >= 4 is 27.9 Å². The van der Waals surface area contributed by atoms with E-state index >= 15 is 0 Å². The first-order chi connectivity index (χ1) is 13.2. The quantitative estimate of drug-likeness (QED) is 0.402. The summed E-state index contributed by atoms with van der Waals surface area (Å²) in [5, 5.41) is 8.10. The summed E-state index contributed by atoms with van der Waals surface area (Å²) in [5.74, 6) is 0.938. The number of fused-ring (bicyclic) bond motifs is 2. The van der Waals surface area contributed by atoms with Crippen LogP contribution in [0.4, 0.5) is 0 Å². The van der Waals surface area contributed by atoms with Crippen LogP contribution in [0.25, 0.3) is 33.5 Å². The van der Waals surface area contributed by atoms with Crippen LogP contribution in [0.3, 0.4) is 0 Å². The van der Waals surface area contributed by atoms with Gasteiger partial charge in [0, 0.05) is 18.6 Å². The van der Waals surface area contributed by atoms with E-state index in [-0.39, 0.29) is 0 Å². The van der Waals surface area contributed by atoms with Gasteiger partial charge in [-0.2, -0.15) is 5.10 Å². The van der Waals surface area contributed by atoms with Crippen molar-refractivity contribution in [2.24, 2.45) is 0 Å². The Balaban J connectivity index is 1.72. The Labute approximate surface area is 154 Å². The summed E-state index contributed by atoms with van der Waals surface area (Å²) in [5.41, 5.74) is 3.53.